The maximum Gasteiger partial charge on any atom is 0.188 e. The highest BCUT2D eigenvalue weighted by Gasteiger charge is 2.40. The molecule has 0 aromatic carbocycles. The molecule has 2 aliphatic carbocycles. The summed E-state index contributed by atoms with van der Waals surface area (Å²) in [5.74, 6) is 1.53. The van der Waals surface area contributed by atoms with Gasteiger partial charge in [-0.3, -0.25) is 0 Å². The van der Waals surface area contributed by atoms with E-state index in [1.165, 1.54) is 0 Å². The number of ether oxygens (including phenoxy) is 2. The fourth-order valence-corrected chi connectivity index (χ4v) is 4.90. The van der Waals surface area contributed by atoms with Gasteiger partial charge in [0.05, 0.1) is 0 Å². The summed E-state index contributed by atoms with van der Waals surface area (Å²) in [5.41, 5.74) is 1.40. The van der Waals surface area contributed by atoms with E-state index in [0.29, 0.717) is 12.8 Å². The average molecular weight is 478 g/mol. The van der Waals surface area contributed by atoms with Crippen LogP contribution in [0, 0.1) is 5.41 Å². The first-order chi connectivity index (χ1) is 13.2. The SMILES string of the molecule is CC(C)(C1=C(Cl)CC=C1OCO[Si](C)(C)C)C1=C(Cl)CC=C1OCO[Si](C)(C)C. The smallest absolute Gasteiger partial charge is 0.188 e. The Balaban J connectivity index is 2.18. The predicted molar refractivity (Wildman–Crippen MR) is 126 cm³/mol. The normalized spacial score (nSPS) is 18.4. The van der Waals surface area contributed by atoms with Gasteiger partial charge in [-0.1, -0.05) is 37.0 Å². The summed E-state index contributed by atoms with van der Waals surface area (Å²) < 4.78 is 23.7. The molecule has 0 saturated carbocycles. The molecule has 0 atom stereocenters. The van der Waals surface area contributed by atoms with Crippen LogP contribution in [0.4, 0.5) is 0 Å². The van der Waals surface area contributed by atoms with Gasteiger partial charge in [0.15, 0.2) is 30.2 Å². The third kappa shape index (κ3) is 6.74. The molecule has 8 heteroatoms. The van der Waals surface area contributed by atoms with Crippen LogP contribution in [-0.4, -0.2) is 30.2 Å². The standard InChI is InChI=1S/C21H34Cl2O4Si2/c1-21(2,19-15(22)9-11-17(19)24-13-26-28(3,4)5)20-16(23)10-12-18(20)25-14-27-29(6,7)8/h11-12H,9-10,13-14H2,1-8H3. The lowest BCUT2D eigenvalue weighted by Gasteiger charge is -2.32. The van der Waals surface area contributed by atoms with Gasteiger partial charge in [0.2, 0.25) is 0 Å². The lowest BCUT2D eigenvalue weighted by Crippen LogP contribution is -2.28. The lowest BCUT2D eigenvalue weighted by molar-refractivity contribution is 0.0531. The molecule has 2 rings (SSSR count). The van der Waals surface area contributed by atoms with Crippen LogP contribution in [0.1, 0.15) is 26.7 Å². The molecule has 4 nitrogen and oxygen atoms in total. The number of rotatable bonds is 10. The van der Waals surface area contributed by atoms with Crippen LogP contribution in [-0.2, 0) is 18.3 Å². The van der Waals surface area contributed by atoms with Crippen molar-refractivity contribution in [2.75, 3.05) is 13.6 Å². The zero-order chi connectivity index (χ0) is 22.0. The Hall–Kier alpha value is -0.506. The molecule has 0 aliphatic heterocycles. The zero-order valence-electron chi connectivity index (χ0n) is 18.9. The number of hydrogen-bond donors (Lipinski definition) is 0. The summed E-state index contributed by atoms with van der Waals surface area (Å²) in [6, 6.07) is 0. The van der Waals surface area contributed by atoms with E-state index in [2.05, 4.69) is 53.1 Å². The number of halogens is 2. The molecule has 0 fully saturated rings. The van der Waals surface area contributed by atoms with Crippen molar-refractivity contribution in [1.29, 1.82) is 0 Å². The van der Waals surface area contributed by atoms with Gasteiger partial charge in [0, 0.05) is 39.5 Å². The maximum absolute atomic E-state index is 6.63. The van der Waals surface area contributed by atoms with Crippen molar-refractivity contribution >= 4 is 39.8 Å². The third-order valence-electron chi connectivity index (χ3n) is 4.63. The molecule has 2 aliphatic rings. The molecule has 164 valence electrons. The molecule has 0 radical (unpaired) electrons. The summed E-state index contributed by atoms with van der Waals surface area (Å²) in [4.78, 5) is 0. The number of allylic oxidation sites excluding steroid dienone is 6. The first-order valence-electron chi connectivity index (χ1n) is 9.95. The molecule has 0 unspecified atom stereocenters. The summed E-state index contributed by atoms with van der Waals surface area (Å²) in [6.07, 6.45) is 5.31. The van der Waals surface area contributed by atoms with Gasteiger partial charge < -0.3 is 18.3 Å². The second-order valence-corrected chi connectivity index (χ2v) is 19.7. The van der Waals surface area contributed by atoms with Crippen LogP contribution < -0.4 is 0 Å². The fraction of sp³-hybridized carbons (Fsp3) is 0.619. The lowest BCUT2D eigenvalue weighted by atomic mass is 9.76. The van der Waals surface area contributed by atoms with Gasteiger partial charge in [-0.05, 0) is 51.4 Å². The minimum atomic E-state index is -1.66. The fourth-order valence-electron chi connectivity index (χ4n) is 3.26. The van der Waals surface area contributed by atoms with Crippen LogP contribution >= 0.6 is 23.2 Å². The van der Waals surface area contributed by atoms with E-state index < -0.39 is 22.0 Å². The van der Waals surface area contributed by atoms with Gasteiger partial charge in [-0.15, -0.1) is 0 Å². The van der Waals surface area contributed by atoms with E-state index in [4.69, 9.17) is 41.5 Å². The third-order valence-corrected chi connectivity index (χ3v) is 7.29. The minimum Gasteiger partial charge on any atom is -0.468 e. The highest BCUT2D eigenvalue weighted by Crippen LogP contribution is 2.51. The van der Waals surface area contributed by atoms with Crippen molar-refractivity contribution in [3.05, 3.63) is 44.9 Å². The number of hydrogen-bond acceptors (Lipinski definition) is 4. The molecule has 29 heavy (non-hydrogen) atoms. The Labute approximate surface area is 187 Å². The largest absolute Gasteiger partial charge is 0.468 e. The van der Waals surface area contributed by atoms with Gasteiger partial charge in [-0.25, -0.2) is 0 Å². The van der Waals surface area contributed by atoms with Crippen molar-refractivity contribution in [1.82, 2.24) is 0 Å². The van der Waals surface area contributed by atoms with Gasteiger partial charge >= 0.3 is 0 Å². The monoisotopic (exact) mass is 476 g/mol. The second-order valence-electron chi connectivity index (χ2n) is 9.77. The van der Waals surface area contributed by atoms with Crippen molar-refractivity contribution in [2.24, 2.45) is 5.41 Å². The summed E-state index contributed by atoms with van der Waals surface area (Å²) in [7, 11) is -3.33. The predicted octanol–water partition coefficient (Wildman–Crippen LogP) is 7.22. The van der Waals surface area contributed by atoms with E-state index in [9.17, 15) is 0 Å². The Kier molecular flexibility index (Phi) is 7.96. The summed E-state index contributed by atoms with van der Waals surface area (Å²) >= 11 is 13.3. The molecule has 0 saturated heterocycles. The van der Waals surface area contributed by atoms with E-state index in [-0.39, 0.29) is 13.6 Å². The molecular weight excluding hydrogens is 443 g/mol. The highest BCUT2D eigenvalue weighted by molar-refractivity contribution is 6.70. The summed E-state index contributed by atoms with van der Waals surface area (Å²) in [5, 5.41) is 1.53. The Morgan fingerprint density at radius 2 is 1.10 bits per heavy atom. The Morgan fingerprint density at radius 3 is 1.41 bits per heavy atom. The topological polar surface area (TPSA) is 36.9 Å². The first kappa shape index (κ1) is 24.8. The Bertz CT molecular complexity index is 692. The van der Waals surface area contributed by atoms with Crippen LogP contribution in [0.25, 0.3) is 0 Å². The quantitative estimate of drug-likeness (QED) is 0.246. The van der Waals surface area contributed by atoms with Crippen LogP contribution in [0.2, 0.25) is 39.3 Å². The molecular formula is C21H34Cl2O4Si2. The molecule has 0 N–H and O–H groups in total. The van der Waals surface area contributed by atoms with Crippen molar-refractivity contribution in [3.8, 4) is 0 Å². The van der Waals surface area contributed by atoms with Crippen molar-refractivity contribution in [3.63, 3.8) is 0 Å². The van der Waals surface area contributed by atoms with Gasteiger partial charge in [-0.2, -0.15) is 0 Å². The van der Waals surface area contributed by atoms with Crippen LogP contribution in [0.3, 0.4) is 0 Å². The van der Waals surface area contributed by atoms with Crippen molar-refractivity contribution < 1.29 is 18.3 Å². The zero-order valence-corrected chi connectivity index (χ0v) is 22.4. The van der Waals surface area contributed by atoms with Crippen molar-refractivity contribution in [2.45, 2.75) is 66.0 Å². The van der Waals surface area contributed by atoms with E-state index >= 15 is 0 Å². The van der Waals surface area contributed by atoms with E-state index in [1.54, 1.807) is 0 Å². The summed E-state index contributed by atoms with van der Waals surface area (Å²) in [6.45, 7) is 17.4. The molecule has 0 aromatic rings. The van der Waals surface area contributed by atoms with Gasteiger partial charge in [0.25, 0.3) is 0 Å². The van der Waals surface area contributed by atoms with Crippen LogP contribution in [0.5, 0.6) is 0 Å². The minimum absolute atomic E-state index is 0.224. The van der Waals surface area contributed by atoms with E-state index in [1.807, 2.05) is 12.2 Å². The molecule has 0 spiro atoms. The average Bonchev–Trinajstić information content (AvgIpc) is 3.08. The van der Waals surface area contributed by atoms with Crippen LogP contribution in [0.15, 0.2) is 44.9 Å². The van der Waals surface area contributed by atoms with Gasteiger partial charge in [0.1, 0.15) is 11.5 Å². The highest BCUT2D eigenvalue weighted by atomic mass is 35.5. The molecule has 0 bridgehead atoms. The first-order valence-corrected chi connectivity index (χ1v) is 17.5. The molecule has 0 amide bonds. The maximum atomic E-state index is 6.63. The molecule has 0 heterocycles. The second kappa shape index (κ2) is 9.32. The Morgan fingerprint density at radius 1 is 0.759 bits per heavy atom. The van der Waals surface area contributed by atoms with E-state index in [0.717, 1.165) is 32.7 Å². The molecule has 0 aromatic heterocycles.